The van der Waals surface area contributed by atoms with Gasteiger partial charge in [-0.25, -0.2) is 0 Å². The highest BCUT2D eigenvalue weighted by Crippen LogP contribution is 2.25. The fourth-order valence-corrected chi connectivity index (χ4v) is 2.33. The van der Waals surface area contributed by atoms with E-state index in [4.69, 9.17) is 4.42 Å². The van der Waals surface area contributed by atoms with Crippen LogP contribution in [0.1, 0.15) is 21.9 Å². The number of hydrogen-bond acceptors (Lipinski definition) is 2. The van der Waals surface area contributed by atoms with Crippen molar-refractivity contribution in [1.29, 1.82) is 0 Å². The van der Waals surface area contributed by atoms with Crippen LogP contribution in [0.25, 0.3) is 10.9 Å². The van der Waals surface area contributed by atoms with Crippen LogP contribution < -0.4 is 0 Å². The minimum Gasteiger partial charge on any atom is -0.458 e. The Kier molecular flexibility index (Phi) is 2.59. The molecule has 2 aromatic heterocycles. The predicted molar refractivity (Wildman–Crippen MR) is 72.9 cm³/mol. The van der Waals surface area contributed by atoms with Crippen LogP contribution >= 0.6 is 15.9 Å². The van der Waals surface area contributed by atoms with E-state index >= 15 is 0 Å². The van der Waals surface area contributed by atoms with Gasteiger partial charge >= 0.3 is 0 Å². The lowest BCUT2D eigenvalue weighted by atomic mass is 10.1. The lowest BCUT2D eigenvalue weighted by Gasteiger charge is -1.96. The van der Waals surface area contributed by atoms with Crippen LogP contribution in [0.2, 0.25) is 0 Å². The molecule has 0 aliphatic carbocycles. The van der Waals surface area contributed by atoms with E-state index in [2.05, 4.69) is 20.9 Å². The third-order valence-corrected chi connectivity index (χ3v) is 3.35. The predicted octanol–water partition coefficient (Wildman–Crippen LogP) is 4.06. The number of ketones is 1. The van der Waals surface area contributed by atoms with Crippen molar-refractivity contribution in [2.24, 2.45) is 0 Å². The van der Waals surface area contributed by atoms with Crippen molar-refractivity contribution in [2.75, 3.05) is 0 Å². The van der Waals surface area contributed by atoms with Gasteiger partial charge in [0.2, 0.25) is 5.78 Å². The zero-order valence-electron chi connectivity index (χ0n) is 9.66. The van der Waals surface area contributed by atoms with Crippen LogP contribution in [-0.4, -0.2) is 10.8 Å². The summed E-state index contributed by atoms with van der Waals surface area (Å²) in [5.74, 6) is 1.00. The molecule has 0 spiro atoms. The molecule has 2 heterocycles. The van der Waals surface area contributed by atoms with E-state index < -0.39 is 0 Å². The molecule has 0 radical (unpaired) electrons. The maximum absolute atomic E-state index is 12.3. The number of carbonyl (C=O) groups is 1. The average molecular weight is 304 g/mol. The molecule has 0 fully saturated rings. The molecule has 18 heavy (non-hydrogen) atoms. The number of aromatic amines is 1. The molecular weight excluding hydrogens is 294 g/mol. The summed E-state index contributed by atoms with van der Waals surface area (Å²) in [6.45, 7) is 1.82. The first-order valence-corrected chi connectivity index (χ1v) is 6.32. The zero-order chi connectivity index (χ0) is 12.7. The molecule has 4 heteroatoms. The molecule has 3 nitrogen and oxygen atoms in total. The number of fused-ring (bicyclic) bond motifs is 1. The van der Waals surface area contributed by atoms with Gasteiger partial charge in [-0.2, -0.15) is 0 Å². The standard InChI is InChI=1S/C14H10BrNO2/c1-8-2-5-13(18-8)14(17)11-7-16-12-4-3-9(15)6-10(11)12/h2-7,16H,1H3. The number of benzene rings is 1. The van der Waals surface area contributed by atoms with E-state index in [1.165, 1.54) is 0 Å². The van der Waals surface area contributed by atoms with Crippen LogP contribution in [0.3, 0.4) is 0 Å². The van der Waals surface area contributed by atoms with Gasteiger partial charge in [0.05, 0.1) is 5.56 Å². The van der Waals surface area contributed by atoms with E-state index in [0.29, 0.717) is 11.3 Å². The van der Waals surface area contributed by atoms with Crippen LogP contribution in [0.5, 0.6) is 0 Å². The fourth-order valence-electron chi connectivity index (χ4n) is 1.97. The number of furan rings is 1. The van der Waals surface area contributed by atoms with Crippen molar-refractivity contribution in [2.45, 2.75) is 6.92 Å². The molecule has 0 saturated heterocycles. The summed E-state index contributed by atoms with van der Waals surface area (Å²) in [5.41, 5.74) is 1.56. The second-order valence-corrected chi connectivity index (χ2v) is 5.05. The molecule has 0 aliphatic heterocycles. The number of H-pyrrole nitrogens is 1. The quantitative estimate of drug-likeness (QED) is 0.726. The molecule has 1 N–H and O–H groups in total. The molecule has 0 unspecified atom stereocenters. The number of hydrogen-bond donors (Lipinski definition) is 1. The topological polar surface area (TPSA) is 46.0 Å². The Balaban J connectivity index is 2.14. The van der Waals surface area contributed by atoms with E-state index in [0.717, 1.165) is 21.1 Å². The lowest BCUT2D eigenvalue weighted by molar-refractivity contribution is 0.101. The molecule has 0 aliphatic rings. The first kappa shape index (κ1) is 11.3. The highest BCUT2D eigenvalue weighted by molar-refractivity contribution is 9.10. The number of nitrogens with one attached hydrogen (secondary N) is 1. The summed E-state index contributed by atoms with van der Waals surface area (Å²) < 4.78 is 6.32. The Bertz CT molecular complexity index is 739. The van der Waals surface area contributed by atoms with E-state index in [1.807, 2.05) is 25.1 Å². The van der Waals surface area contributed by atoms with Gasteiger partial charge in [-0.3, -0.25) is 4.79 Å². The Hall–Kier alpha value is -1.81. The normalized spacial score (nSPS) is 11.0. The second-order valence-electron chi connectivity index (χ2n) is 4.13. The molecule has 90 valence electrons. The minimum atomic E-state index is -0.104. The Morgan fingerprint density at radius 2 is 2.11 bits per heavy atom. The molecule has 0 amide bonds. The minimum absolute atomic E-state index is 0.104. The third kappa shape index (κ3) is 1.78. The summed E-state index contributed by atoms with van der Waals surface area (Å²) in [4.78, 5) is 15.4. The average Bonchev–Trinajstić information content (AvgIpc) is 2.94. The number of rotatable bonds is 2. The second kappa shape index (κ2) is 4.14. The van der Waals surface area contributed by atoms with Crippen molar-refractivity contribution < 1.29 is 9.21 Å². The maximum atomic E-state index is 12.3. The third-order valence-electron chi connectivity index (χ3n) is 2.85. The molecule has 3 rings (SSSR count). The smallest absolute Gasteiger partial charge is 0.230 e. The van der Waals surface area contributed by atoms with Gasteiger partial charge < -0.3 is 9.40 Å². The van der Waals surface area contributed by atoms with Crippen LogP contribution in [0.15, 0.2) is 45.4 Å². The summed E-state index contributed by atoms with van der Waals surface area (Å²) in [6, 6.07) is 9.29. The number of halogens is 1. The van der Waals surface area contributed by atoms with Crippen molar-refractivity contribution in [1.82, 2.24) is 4.98 Å². The largest absolute Gasteiger partial charge is 0.458 e. The summed E-state index contributed by atoms with van der Waals surface area (Å²) in [5, 5.41) is 0.892. The summed E-state index contributed by atoms with van der Waals surface area (Å²) in [7, 11) is 0. The number of aryl methyl sites for hydroxylation is 1. The van der Waals surface area contributed by atoms with Crippen LogP contribution in [-0.2, 0) is 0 Å². The highest BCUT2D eigenvalue weighted by Gasteiger charge is 2.17. The van der Waals surface area contributed by atoms with E-state index in [-0.39, 0.29) is 5.78 Å². The summed E-state index contributed by atoms with van der Waals surface area (Å²) in [6.07, 6.45) is 1.72. The van der Waals surface area contributed by atoms with Gasteiger partial charge in [0.15, 0.2) is 5.76 Å². The Labute approximate surface area is 112 Å². The van der Waals surface area contributed by atoms with Gasteiger partial charge in [-0.15, -0.1) is 0 Å². The zero-order valence-corrected chi connectivity index (χ0v) is 11.2. The maximum Gasteiger partial charge on any atom is 0.230 e. The van der Waals surface area contributed by atoms with Crippen molar-refractivity contribution in [3.63, 3.8) is 0 Å². The SMILES string of the molecule is Cc1ccc(C(=O)c2c[nH]c3ccc(Br)cc23)o1. The molecule has 1 aromatic carbocycles. The van der Waals surface area contributed by atoms with Gasteiger partial charge in [-0.1, -0.05) is 15.9 Å². The Morgan fingerprint density at radius 3 is 2.83 bits per heavy atom. The van der Waals surface area contributed by atoms with Gasteiger partial charge in [0, 0.05) is 21.6 Å². The van der Waals surface area contributed by atoms with E-state index in [1.54, 1.807) is 18.3 Å². The van der Waals surface area contributed by atoms with Crippen molar-refractivity contribution in [3.05, 3.63) is 58.1 Å². The van der Waals surface area contributed by atoms with Crippen molar-refractivity contribution in [3.8, 4) is 0 Å². The van der Waals surface area contributed by atoms with Gasteiger partial charge in [-0.05, 0) is 37.3 Å². The first-order valence-electron chi connectivity index (χ1n) is 5.53. The summed E-state index contributed by atoms with van der Waals surface area (Å²) >= 11 is 3.41. The molecule has 0 atom stereocenters. The number of carbonyl (C=O) groups excluding carboxylic acids is 1. The lowest BCUT2D eigenvalue weighted by Crippen LogP contribution is -1.98. The van der Waals surface area contributed by atoms with Crippen molar-refractivity contribution >= 4 is 32.6 Å². The molecular formula is C14H10BrNO2. The van der Waals surface area contributed by atoms with Crippen LogP contribution in [0, 0.1) is 6.92 Å². The van der Waals surface area contributed by atoms with Gasteiger partial charge in [0.25, 0.3) is 0 Å². The van der Waals surface area contributed by atoms with Crippen LogP contribution in [0.4, 0.5) is 0 Å². The fraction of sp³-hybridized carbons (Fsp3) is 0.0714. The molecule has 0 bridgehead atoms. The monoisotopic (exact) mass is 303 g/mol. The van der Waals surface area contributed by atoms with Gasteiger partial charge in [0.1, 0.15) is 5.76 Å². The number of aromatic nitrogens is 1. The highest BCUT2D eigenvalue weighted by atomic mass is 79.9. The molecule has 3 aromatic rings. The Morgan fingerprint density at radius 1 is 1.28 bits per heavy atom. The first-order chi connectivity index (χ1) is 8.65. The molecule has 0 saturated carbocycles. The van der Waals surface area contributed by atoms with E-state index in [9.17, 15) is 4.79 Å².